The monoisotopic (exact) mass is 429 g/mol. The molecule has 1 N–H and O–H groups in total. The van der Waals surface area contributed by atoms with Crippen molar-refractivity contribution in [1.82, 2.24) is 0 Å². The molecule has 0 aliphatic rings. The van der Waals surface area contributed by atoms with Crippen molar-refractivity contribution in [1.29, 1.82) is 0 Å². The molecule has 0 fully saturated rings. The molecule has 5 nitrogen and oxygen atoms in total. The van der Waals surface area contributed by atoms with E-state index in [2.05, 4.69) is 30.0 Å². The quantitative estimate of drug-likeness (QED) is 0.447. The molecule has 1 aromatic heterocycles. The summed E-state index contributed by atoms with van der Waals surface area (Å²) in [6.07, 6.45) is 0. The highest BCUT2D eigenvalue weighted by atomic mass is 19.3. The van der Waals surface area contributed by atoms with Crippen LogP contribution in [0.5, 0.6) is 11.5 Å². The van der Waals surface area contributed by atoms with E-state index in [9.17, 15) is 13.6 Å². The number of benzene rings is 2. The molecule has 0 radical (unpaired) electrons. The third kappa shape index (κ3) is 5.84. The van der Waals surface area contributed by atoms with Gasteiger partial charge in [-0.1, -0.05) is 26.0 Å². The maximum Gasteiger partial charge on any atom is 0.387 e. The number of rotatable bonds is 8. The van der Waals surface area contributed by atoms with Crippen LogP contribution in [0.1, 0.15) is 52.8 Å². The van der Waals surface area contributed by atoms with Gasteiger partial charge in [-0.3, -0.25) is 4.79 Å². The van der Waals surface area contributed by atoms with Crippen LogP contribution in [0.4, 0.5) is 14.5 Å². The number of hydrogen-bond donors (Lipinski definition) is 1. The summed E-state index contributed by atoms with van der Waals surface area (Å²) in [4.78, 5) is 12.5. The van der Waals surface area contributed by atoms with E-state index < -0.39 is 12.5 Å². The first-order valence-electron chi connectivity index (χ1n) is 9.92. The van der Waals surface area contributed by atoms with Crippen molar-refractivity contribution in [2.75, 3.05) is 5.32 Å². The van der Waals surface area contributed by atoms with Gasteiger partial charge in [0.2, 0.25) is 0 Å². The average molecular weight is 429 g/mol. The van der Waals surface area contributed by atoms with Gasteiger partial charge in [0, 0.05) is 5.69 Å². The van der Waals surface area contributed by atoms with Crippen LogP contribution in [0.15, 0.2) is 52.9 Å². The minimum atomic E-state index is -2.90. The molecular formula is C24H25F2NO4. The Morgan fingerprint density at radius 1 is 1.06 bits per heavy atom. The van der Waals surface area contributed by atoms with Crippen LogP contribution in [0, 0.1) is 13.8 Å². The van der Waals surface area contributed by atoms with E-state index >= 15 is 0 Å². The molecule has 0 aliphatic carbocycles. The Labute approximate surface area is 180 Å². The third-order valence-corrected chi connectivity index (χ3v) is 4.72. The van der Waals surface area contributed by atoms with Gasteiger partial charge < -0.3 is 19.2 Å². The van der Waals surface area contributed by atoms with E-state index in [0.29, 0.717) is 22.9 Å². The minimum Gasteiger partial charge on any atom is -0.485 e. The molecule has 1 heterocycles. The molecule has 0 spiro atoms. The van der Waals surface area contributed by atoms with Crippen molar-refractivity contribution in [2.24, 2.45) is 0 Å². The number of nitrogens with one attached hydrogen (secondary N) is 1. The van der Waals surface area contributed by atoms with Crippen molar-refractivity contribution < 1.29 is 27.5 Å². The van der Waals surface area contributed by atoms with Gasteiger partial charge in [-0.15, -0.1) is 0 Å². The summed E-state index contributed by atoms with van der Waals surface area (Å²) in [7, 11) is 0. The molecular weight excluding hydrogens is 404 g/mol. The van der Waals surface area contributed by atoms with E-state index in [-0.39, 0.29) is 18.1 Å². The number of amides is 1. The van der Waals surface area contributed by atoms with E-state index in [1.165, 1.54) is 18.2 Å². The number of ether oxygens (including phenoxy) is 2. The SMILES string of the molecule is Cc1ccc(C(C)C)c(OCc2ccc(C(=O)Nc3ccc(OC(F)F)cc3C)o2)c1. The summed E-state index contributed by atoms with van der Waals surface area (Å²) in [6, 6.07) is 13.6. The predicted molar refractivity (Wildman–Crippen MR) is 114 cm³/mol. The van der Waals surface area contributed by atoms with Crippen molar-refractivity contribution in [3.63, 3.8) is 0 Å². The lowest BCUT2D eigenvalue weighted by Gasteiger charge is -2.14. The second kappa shape index (κ2) is 9.64. The zero-order valence-corrected chi connectivity index (χ0v) is 17.9. The van der Waals surface area contributed by atoms with Crippen molar-refractivity contribution >= 4 is 11.6 Å². The Morgan fingerprint density at radius 3 is 2.52 bits per heavy atom. The number of alkyl halides is 2. The minimum absolute atomic E-state index is 0.0276. The Bertz CT molecular complexity index is 1060. The molecule has 164 valence electrons. The second-order valence-corrected chi connectivity index (χ2v) is 7.56. The Hall–Kier alpha value is -3.35. The van der Waals surface area contributed by atoms with E-state index in [4.69, 9.17) is 9.15 Å². The largest absolute Gasteiger partial charge is 0.485 e. The molecule has 31 heavy (non-hydrogen) atoms. The zero-order chi connectivity index (χ0) is 22.5. The highest BCUT2D eigenvalue weighted by Crippen LogP contribution is 2.28. The highest BCUT2D eigenvalue weighted by molar-refractivity contribution is 6.02. The van der Waals surface area contributed by atoms with Crippen molar-refractivity contribution in [3.05, 3.63) is 76.7 Å². The van der Waals surface area contributed by atoms with Gasteiger partial charge in [0.15, 0.2) is 5.76 Å². The first-order chi connectivity index (χ1) is 14.7. The fourth-order valence-electron chi connectivity index (χ4n) is 3.11. The Kier molecular flexibility index (Phi) is 6.95. The molecule has 7 heteroatoms. The molecule has 3 aromatic rings. The molecule has 1 amide bonds. The standard InChI is InChI=1S/C24H25F2NO4/c1-14(2)19-8-5-15(3)11-22(19)29-13-18-7-10-21(30-18)23(28)27-20-9-6-17(12-16(20)4)31-24(25)26/h5-12,14,24H,13H2,1-4H3,(H,27,28). The normalized spacial score (nSPS) is 11.1. The molecule has 0 bridgehead atoms. The number of furan rings is 1. The van der Waals surface area contributed by atoms with Crippen LogP contribution < -0.4 is 14.8 Å². The third-order valence-electron chi connectivity index (χ3n) is 4.72. The molecule has 0 saturated heterocycles. The maximum absolute atomic E-state index is 12.5. The smallest absolute Gasteiger partial charge is 0.387 e. The van der Waals surface area contributed by atoms with Crippen LogP contribution in [-0.4, -0.2) is 12.5 Å². The van der Waals surface area contributed by atoms with Crippen LogP contribution in [0.2, 0.25) is 0 Å². The first kappa shape index (κ1) is 22.3. The van der Waals surface area contributed by atoms with Crippen LogP contribution >= 0.6 is 0 Å². The summed E-state index contributed by atoms with van der Waals surface area (Å²) in [6.45, 7) is 5.17. The summed E-state index contributed by atoms with van der Waals surface area (Å²) in [5, 5.41) is 2.71. The van der Waals surface area contributed by atoms with Crippen molar-refractivity contribution in [2.45, 2.75) is 46.8 Å². The predicted octanol–water partition coefficient (Wildman–Crippen LogP) is 6.45. The first-order valence-corrected chi connectivity index (χ1v) is 9.92. The lowest BCUT2D eigenvalue weighted by atomic mass is 10.0. The van der Waals surface area contributed by atoms with Crippen molar-refractivity contribution in [3.8, 4) is 11.5 Å². The molecule has 0 aliphatic heterocycles. The molecule has 0 unspecified atom stereocenters. The lowest BCUT2D eigenvalue weighted by molar-refractivity contribution is -0.0498. The molecule has 0 atom stereocenters. The highest BCUT2D eigenvalue weighted by Gasteiger charge is 2.15. The molecule has 0 saturated carbocycles. The Morgan fingerprint density at radius 2 is 1.84 bits per heavy atom. The van der Waals surface area contributed by atoms with Gasteiger partial charge >= 0.3 is 6.61 Å². The fraction of sp³-hybridized carbons (Fsp3) is 0.292. The van der Waals surface area contributed by atoms with Gasteiger partial charge in [-0.25, -0.2) is 0 Å². The fourth-order valence-corrected chi connectivity index (χ4v) is 3.11. The molecule has 3 rings (SSSR count). The van der Waals surface area contributed by atoms with E-state index in [1.807, 2.05) is 19.1 Å². The topological polar surface area (TPSA) is 60.7 Å². The van der Waals surface area contributed by atoms with E-state index in [1.54, 1.807) is 19.1 Å². The molecule has 2 aromatic carbocycles. The maximum atomic E-state index is 12.5. The number of anilines is 1. The lowest BCUT2D eigenvalue weighted by Crippen LogP contribution is -2.12. The summed E-state index contributed by atoms with van der Waals surface area (Å²) >= 11 is 0. The number of halogens is 2. The van der Waals surface area contributed by atoms with Crippen LogP contribution in [0.3, 0.4) is 0 Å². The Balaban J connectivity index is 1.65. The summed E-state index contributed by atoms with van der Waals surface area (Å²) in [5.74, 6) is 1.32. The average Bonchev–Trinajstić information content (AvgIpc) is 3.17. The van der Waals surface area contributed by atoms with Gasteiger partial charge in [-0.2, -0.15) is 8.78 Å². The van der Waals surface area contributed by atoms with Crippen LogP contribution in [-0.2, 0) is 6.61 Å². The number of carbonyl (C=O) groups excluding carboxylic acids is 1. The summed E-state index contributed by atoms with van der Waals surface area (Å²) in [5.41, 5.74) is 3.26. The second-order valence-electron chi connectivity index (χ2n) is 7.56. The number of hydrogen-bond acceptors (Lipinski definition) is 4. The van der Waals surface area contributed by atoms with Gasteiger partial charge in [0.1, 0.15) is 23.9 Å². The van der Waals surface area contributed by atoms with Gasteiger partial charge in [0.25, 0.3) is 5.91 Å². The number of carbonyl (C=O) groups is 1. The van der Waals surface area contributed by atoms with Gasteiger partial charge in [0.05, 0.1) is 0 Å². The number of aryl methyl sites for hydroxylation is 2. The zero-order valence-electron chi connectivity index (χ0n) is 17.9. The van der Waals surface area contributed by atoms with E-state index in [0.717, 1.165) is 16.9 Å². The summed E-state index contributed by atoms with van der Waals surface area (Å²) < 4.78 is 40.6. The van der Waals surface area contributed by atoms with Gasteiger partial charge in [-0.05, 0) is 72.9 Å². The van der Waals surface area contributed by atoms with Crippen LogP contribution in [0.25, 0.3) is 0 Å².